The molecule has 2 aromatic carbocycles. The number of halogens is 1. The molecule has 16 nitrogen and oxygen atoms in total. The Labute approximate surface area is 361 Å². The number of nitriles is 1. The summed E-state index contributed by atoms with van der Waals surface area (Å²) in [5.74, 6) is 5.99. The van der Waals surface area contributed by atoms with Gasteiger partial charge in [0.2, 0.25) is 17.8 Å². The molecule has 61 heavy (non-hydrogen) atoms. The first-order valence-electron chi connectivity index (χ1n) is 20.8. The van der Waals surface area contributed by atoms with Crippen LogP contribution in [0.4, 0.5) is 52.2 Å². The number of hydrogen-bond donors (Lipinski definition) is 8. The maximum atomic E-state index is 8.82. The zero-order valence-corrected chi connectivity index (χ0v) is 35.4. The predicted octanol–water partition coefficient (Wildman–Crippen LogP) is 10.2. The van der Waals surface area contributed by atoms with Crippen molar-refractivity contribution in [2.45, 2.75) is 90.0 Å². The molecule has 2 saturated carbocycles. The summed E-state index contributed by atoms with van der Waals surface area (Å²) in [7, 11) is 0. The van der Waals surface area contributed by atoms with Crippen molar-refractivity contribution in [3.05, 3.63) is 112 Å². The molecule has 0 saturated heterocycles. The summed E-state index contributed by atoms with van der Waals surface area (Å²) in [5.41, 5.74) is 11.4. The van der Waals surface area contributed by atoms with Gasteiger partial charge in [-0.25, -0.2) is 16.5 Å². The van der Waals surface area contributed by atoms with Crippen molar-refractivity contribution in [1.82, 2.24) is 40.3 Å². The van der Waals surface area contributed by atoms with Crippen molar-refractivity contribution >= 4 is 63.8 Å². The van der Waals surface area contributed by atoms with E-state index in [4.69, 9.17) is 29.2 Å². The van der Waals surface area contributed by atoms with Crippen molar-refractivity contribution < 1.29 is 0 Å². The van der Waals surface area contributed by atoms with Gasteiger partial charge in [-0.2, -0.15) is 25.4 Å². The fourth-order valence-corrected chi connectivity index (χ4v) is 6.48. The molecule has 0 radical (unpaired) electrons. The van der Waals surface area contributed by atoms with E-state index in [-0.39, 0.29) is 5.28 Å². The molecule has 0 atom stereocenters. The average molecular weight is 841 g/mol. The van der Waals surface area contributed by atoms with Crippen LogP contribution in [-0.2, 0) is 13.0 Å². The number of rotatable bonds is 16. The summed E-state index contributed by atoms with van der Waals surface area (Å²) in [6, 6.07) is 25.0. The van der Waals surface area contributed by atoms with Crippen LogP contribution < -0.4 is 32.3 Å². The van der Waals surface area contributed by atoms with Crippen LogP contribution in [0.3, 0.4) is 0 Å². The summed E-state index contributed by atoms with van der Waals surface area (Å²) in [6.07, 6.45) is 9.95. The molecular weight excluding hydrogens is 788 g/mol. The Balaban J connectivity index is 0.000000173. The summed E-state index contributed by atoms with van der Waals surface area (Å²) < 4.78 is 0. The number of nitrogens with one attached hydrogen (secondary N) is 7. The van der Waals surface area contributed by atoms with Gasteiger partial charge in [0.05, 0.1) is 12.5 Å². The van der Waals surface area contributed by atoms with Crippen molar-refractivity contribution in [2.75, 3.05) is 45.4 Å². The molecule has 4 heterocycles. The molecule has 17 heteroatoms. The highest BCUT2D eigenvalue weighted by atomic mass is 35.5. The average Bonchev–Trinajstić information content (AvgIpc) is 3.86. The molecule has 9 N–H and O–H groups in total. The Bertz CT molecular complexity index is 2350. The van der Waals surface area contributed by atoms with Gasteiger partial charge >= 0.3 is 0 Å². The van der Waals surface area contributed by atoms with Crippen LogP contribution >= 0.6 is 11.6 Å². The molecule has 2 aliphatic carbocycles. The van der Waals surface area contributed by atoms with Crippen LogP contribution in [0.5, 0.6) is 0 Å². The smallest absolute Gasteiger partial charge is 0.239 e. The third-order valence-electron chi connectivity index (χ3n) is 10.1. The molecule has 0 unspecified atom stereocenters. The van der Waals surface area contributed by atoms with Crippen LogP contribution in [0, 0.1) is 17.9 Å². The van der Waals surface area contributed by atoms with E-state index in [1.54, 1.807) is 12.1 Å². The van der Waals surface area contributed by atoms with E-state index in [0.717, 1.165) is 65.9 Å². The Kier molecular flexibility index (Phi) is 16.1. The molecule has 8 rings (SSSR count). The number of nitrogens with zero attached hydrogens (tertiary/aromatic N) is 8. The number of aromatic nitrogens is 8. The number of hydrogen-bond acceptors (Lipinski definition) is 13. The van der Waals surface area contributed by atoms with Crippen LogP contribution in [-0.4, -0.2) is 53.4 Å². The fourth-order valence-electron chi connectivity index (χ4n) is 6.30. The van der Waals surface area contributed by atoms with E-state index >= 15 is 0 Å². The minimum atomic E-state index is 0.216. The Hall–Kier alpha value is -6.91. The van der Waals surface area contributed by atoms with Gasteiger partial charge in [-0.15, -0.1) is 0 Å². The summed E-state index contributed by atoms with van der Waals surface area (Å²) >= 11 is 5.95. The van der Waals surface area contributed by atoms with Crippen molar-refractivity contribution in [3.63, 3.8) is 0 Å². The largest absolute Gasteiger partial charge is 0.399 e. The fraction of sp³-hybridized carbons (Fsp3) is 0.364. The lowest BCUT2D eigenvalue weighted by Gasteiger charge is -2.23. The second-order valence-corrected chi connectivity index (χ2v) is 15.2. The van der Waals surface area contributed by atoms with Gasteiger partial charge in [0.15, 0.2) is 11.6 Å². The van der Waals surface area contributed by atoms with Crippen molar-refractivity contribution in [3.8, 4) is 6.07 Å². The van der Waals surface area contributed by atoms with Crippen LogP contribution in [0.2, 0.25) is 5.28 Å². The zero-order valence-electron chi connectivity index (χ0n) is 34.6. The molecule has 0 bridgehead atoms. The first-order chi connectivity index (χ1) is 29.8. The van der Waals surface area contributed by atoms with E-state index in [1.165, 1.54) is 49.9 Å². The number of nitrogen functional groups attached to an aromatic ring is 1. The Morgan fingerprint density at radius 3 is 1.72 bits per heavy atom. The summed E-state index contributed by atoms with van der Waals surface area (Å²) in [5, 5.41) is 40.1. The summed E-state index contributed by atoms with van der Waals surface area (Å²) in [4.78, 5) is 20.7. The monoisotopic (exact) mass is 840 g/mol. The van der Waals surface area contributed by atoms with Crippen LogP contribution in [0.1, 0.15) is 99.6 Å². The predicted molar refractivity (Wildman–Crippen MR) is 244 cm³/mol. The van der Waals surface area contributed by atoms with E-state index in [9.17, 15) is 0 Å². The molecule has 0 amide bonds. The summed E-state index contributed by atoms with van der Waals surface area (Å²) in [6.45, 7) is 12.9. The van der Waals surface area contributed by atoms with Gasteiger partial charge in [0.1, 0.15) is 23.3 Å². The zero-order chi connectivity index (χ0) is 42.8. The molecule has 2 fully saturated rings. The molecule has 2 aliphatic rings. The van der Waals surface area contributed by atoms with Crippen LogP contribution in [0.15, 0.2) is 72.8 Å². The number of benzene rings is 2. The number of anilines is 9. The normalized spacial score (nSPS) is 13.1. The lowest BCUT2D eigenvalue weighted by atomic mass is 9.83. The maximum absolute atomic E-state index is 8.82. The second kappa shape index (κ2) is 22.5. The highest BCUT2D eigenvalue weighted by molar-refractivity contribution is 6.28. The lowest BCUT2D eigenvalue weighted by Crippen LogP contribution is -2.08. The van der Waals surface area contributed by atoms with Gasteiger partial charge in [-0.05, 0) is 92.1 Å². The van der Waals surface area contributed by atoms with Gasteiger partial charge in [0, 0.05) is 77.5 Å². The van der Waals surface area contributed by atoms with E-state index in [2.05, 4.69) is 97.7 Å². The molecule has 4 aromatic heterocycles. The van der Waals surface area contributed by atoms with Crippen molar-refractivity contribution in [2.24, 2.45) is 0 Å². The van der Waals surface area contributed by atoms with Gasteiger partial charge in [0.25, 0.3) is 0 Å². The molecule has 6 aromatic rings. The maximum Gasteiger partial charge on any atom is 0.239 e. The van der Waals surface area contributed by atoms with E-state index in [0.29, 0.717) is 48.2 Å². The first kappa shape index (κ1) is 43.7. The van der Waals surface area contributed by atoms with E-state index < -0.39 is 0 Å². The highest BCUT2D eigenvalue weighted by Gasteiger charge is 2.22. The Morgan fingerprint density at radius 2 is 1.21 bits per heavy atom. The minimum absolute atomic E-state index is 0.216. The number of H-pyrrole nitrogens is 2. The SMILES string of the molecule is CCCNc1cc(Nc2cc(C3CCC3)[nH]n2)nc(Cl)n1.CCCNc1cc(Nc2cc(C3CCC3)[nH]n2)nc(Nc2ccc(CC#N)cc2)n1.[C-]#[N+]Cc1ccc(N)cc1. The third kappa shape index (κ3) is 13.6. The van der Waals surface area contributed by atoms with Gasteiger partial charge in [-0.1, -0.05) is 38.8 Å². The number of nitrogens with two attached hydrogens (primary N) is 1. The van der Waals surface area contributed by atoms with Crippen molar-refractivity contribution in [1.29, 1.82) is 5.26 Å². The molecular formula is C44H53ClN16. The third-order valence-corrected chi connectivity index (χ3v) is 10.2. The molecule has 0 aliphatic heterocycles. The first-order valence-corrected chi connectivity index (χ1v) is 21.1. The van der Waals surface area contributed by atoms with Gasteiger partial charge < -0.3 is 37.2 Å². The molecule has 316 valence electrons. The standard InChI is InChI=1S/C22H26N8.C14H19ClN6.C8H8N2/c1-2-12-24-19-14-20(26-21-13-18(29-30-21)16-4-3-5-16)28-22(27-19)25-17-8-6-15(7-9-17)10-11-23;1-2-6-16-11-8-12(19-14(15)18-11)17-13-7-10(20-21-13)9-4-3-5-9;1-10-6-7-2-4-8(9)5-3-7/h6-9,13-14,16H,2-5,10,12H2,1H3,(H4,24,25,26,27,28,29,30);7-9H,2-6H2,1H3,(H3,16,17,18,19,20,21);2-5H,6,9H2. The molecule has 0 spiro atoms. The number of aromatic amines is 2. The Morgan fingerprint density at radius 1 is 0.705 bits per heavy atom. The quantitative estimate of drug-likeness (QED) is 0.0258. The minimum Gasteiger partial charge on any atom is -0.399 e. The van der Waals surface area contributed by atoms with Gasteiger partial charge in [-0.3, -0.25) is 10.2 Å². The topological polar surface area (TPSA) is 223 Å². The highest BCUT2D eigenvalue weighted by Crippen LogP contribution is 2.37. The lowest BCUT2D eigenvalue weighted by molar-refractivity contribution is 0.410. The van der Waals surface area contributed by atoms with E-state index in [1.807, 2.05) is 54.6 Å². The second-order valence-electron chi connectivity index (χ2n) is 14.9. The van der Waals surface area contributed by atoms with Crippen LogP contribution in [0.25, 0.3) is 4.85 Å².